The van der Waals surface area contributed by atoms with Crippen molar-refractivity contribution in [1.29, 1.82) is 0 Å². The molecule has 0 radical (unpaired) electrons. The van der Waals surface area contributed by atoms with Crippen LogP contribution in [0.2, 0.25) is 0 Å². The van der Waals surface area contributed by atoms with E-state index in [0.29, 0.717) is 36.7 Å². The lowest BCUT2D eigenvalue weighted by atomic mass is 10.1. The minimum atomic E-state index is -0.472. The highest BCUT2D eigenvalue weighted by Gasteiger charge is 2.29. The number of β-amino-alcohol motifs (C(OH)–C–C–N with tert-alkyl or cyclic N) is 1. The van der Waals surface area contributed by atoms with E-state index in [0.717, 1.165) is 15.3 Å². The van der Waals surface area contributed by atoms with Crippen molar-refractivity contribution >= 4 is 38.4 Å². The van der Waals surface area contributed by atoms with Crippen LogP contribution in [0.3, 0.4) is 0 Å². The van der Waals surface area contributed by atoms with Crippen LogP contribution >= 0.6 is 11.3 Å². The van der Waals surface area contributed by atoms with Gasteiger partial charge in [0.1, 0.15) is 0 Å². The molecule has 0 aliphatic carbocycles. The number of thiophene rings is 1. The third-order valence-electron chi connectivity index (χ3n) is 4.80. The molecule has 2 unspecified atom stereocenters. The topological polar surface area (TPSA) is 103 Å². The average Bonchev–Trinajstić information content (AvgIpc) is 3.33. The van der Waals surface area contributed by atoms with Crippen molar-refractivity contribution in [2.75, 3.05) is 30.8 Å². The molecule has 28 heavy (non-hydrogen) atoms. The van der Waals surface area contributed by atoms with E-state index >= 15 is 0 Å². The highest BCUT2D eigenvalue weighted by molar-refractivity contribution is 7.23. The van der Waals surface area contributed by atoms with E-state index in [2.05, 4.69) is 25.6 Å². The molecule has 0 aromatic carbocycles. The van der Waals surface area contributed by atoms with E-state index in [1.54, 1.807) is 17.3 Å². The number of carbonyl (C=O) groups is 1. The summed E-state index contributed by atoms with van der Waals surface area (Å²) < 4.78 is 0.746. The number of amides is 1. The van der Waals surface area contributed by atoms with Crippen molar-refractivity contribution in [3.05, 3.63) is 41.9 Å². The number of aliphatic hydroxyl groups excluding tert-OH is 1. The van der Waals surface area contributed by atoms with Gasteiger partial charge in [-0.3, -0.25) is 9.78 Å². The highest BCUT2D eigenvalue weighted by Crippen LogP contribution is 2.32. The predicted octanol–water partition coefficient (Wildman–Crippen LogP) is 2.51. The summed E-state index contributed by atoms with van der Waals surface area (Å²) in [5.41, 5.74) is 2.09. The number of aromatic nitrogens is 3. The first-order chi connectivity index (χ1) is 13.5. The Morgan fingerprint density at radius 1 is 1.43 bits per heavy atom. The molecule has 3 aromatic heterocycles. The average molecular weight is 398 g/mol. The number of carbonyl (C=O) groups excluding carboxylic acids is 1. The van der Waals surface area contributed by atoms with E-state index in [1.165, 1.54) is 11.3 Å². The van der Waals surface area contributed by atoms with Crippen molar-refractivity contribution in [2.24, 2.45) is 0 Å². The van der Waals surface area contributed by atoms with Crippen LogP contribution in [0.15, 0.2) is 30.6 Å². The fraction of sp³-hybridized carbons (Fsp3) is 0.368. The maximum absolute atomic E-state index is 13.1. The minimum Gasteiger partial charge on any atom is -0.391 e. The van der Waals surface area contributed by atoms with Gasteiger partial charge in [0.05, 0.1) is 27.4 Å². The lowest BCUT2D eigenvalue weighted by molar-refractivity contribution is 0.0761. The Labute approximate surface area is 166 Å². The third-order valence-corrected chi connectivity index (χ3v) is 5.95. The maximum Gasteiger partial charge on any atom is 0.274 e. The van der Waals surface area contributed by atoms with E-state index in [4.69, 9.17) is 0 Å². The molecule has 4 heterocycles. The van der Waals surface area contributed by atoms with Crippen LogP contribution in [0, 0.1) is 0 Å². The molecule has 146 valence electrons. The van der Waals surface area contributed by atoms with E-state index in [9.17, 15) is 9.90 Å². The number of likely N-dealkylation sites (tertiary alicyclic amines) is 1. The fourth-order valence-electron chi connectivity index (χ4n) is 3.25. The van der Waals surface area contributed by atoms with Crippen molar-refractivity contribution in [1.82, 2.24) is 19.9 Å². The van der Waals surface area contributed by atoms with Crippen LogP contribution in [0.4, 0.5) is 10.9 Å². The Kier molecular flexibility index (Phi) is 5.10. The van der Waals surface area contributed by atoms with Gasteiger partial charge in [-0.25, -0.2) is 9.97 Å². The van der Waals surface area contributed by atoms with E-state index in [1.807, 2.05) is 32.2 Å². The smallest absolute Gasteiger partial charge is 0.274 e. The second-order valence-corrected chi connectivity index (χ2v) is 7.87. The number of fused-ring (bicyclic) bond motifs is 1. The Morgan fingerprint density at radius 3 is 2.96 bits per heavy atom. The summed E-state index contributed by atoms with van der Waals surface area (Å²) in [5, 5.41) is 17.1. The zero-order chi connectivity index (χ0) is 19.7. The van der Waals surface area contributed by atoms with E-state index in [-0.39, 0.29) is 11.9 Å². The van der Waals surface area contributed by atoms with Gasteiger partial charge in [0.25, 0.3) is 5.91 Å². The van der Waals surface area contributed by atoms with Gasteiger partial charge in [0, 0.05) is 32.5 Å². The van der Waals surface area contributed by atoms with Crippen LogP contribution in [0.1, 0.15) is 35.4 Å². The van der Waals surface area contributed by atoms with Gasteiger partial charge < -0.3 is 20.6 Å². The second kappa shape index (κ2) is 7.69. The van der Waals surface area contributed by atoms with Gasteiger partial charge in [0.2, 0.25) is 5.95 Å². The number of hydrogen-bond acceptors (Lipinski definition) is 8. The molecule has 3 aromatic rings. The molecule has 9 heteroatoms. The van der Waals surface area contributed by atoms with Crippen molar-refractivity contribution < 1.29 is 9.90 Å². The molecule has 1 amide bonds. The minimum absolute atomic E-state index is 0.0647. The molecule has 1 aliphatic rings. The molecule has 0 spiro atoms. The normalized spacial score (nSPS) is 17.7. The van der Waals surface area contributed by atoms with Gasteiger partial charge in [0.15, 0.2) is 5.69 Å². The largest absolute Gasteiger partial charge is 0.391 e. The summed E-state index contributed by atoms with van der Waals surface area (Å²) in [6.45, 7) is 2.86. The first kappa shape index (κ1) is 18.6. The zero-order valence-corrected chi connectivity index (χ0v) is 16.5. The van der Waals surface area contributed by atoms with Gasteiger partial charge in [-0.2, -0.15) is 0 Å². The fourth-order valence-corrected chi connectivity index (χ4v) is 4.18. The van der Waals surface area contributed by atoms with Gasteiger partial charge in [-0.05, 0) is 31.0 Å². The summed E-state index contributed by atoms with van der Waals surface area (Å²) in [7, 11) is 1.83. The molecular formula is C19H22N6O2S. The van der Waals surface area contributed by atoms with Crippen LogP contribution in [0.5, 0.6) is 0 Å². The van der Waals surface area contributed by atoms with E-state index < -0.39 is 6.10 Å². The molecule has 0 bridgehead atoms. The standard InChI is InChI=1S/C19H22N6O2S/c1-11(12-4-3-6-21-9-12)22-19-23-14-8-15(20-2)28-17(14)16(24-19)18(27)25-7-5-13(26)10-25/h3-4,6,8-9,11,13,20,26H,5,7,10H2,1-2H3,(H,22,23,24). The zero-order valence-electron chi connectivity index (χ0n) is 15.7. The molecule has 4 rings (SSSR count). The van der Waals surface area contributed by atoms with Crippen LogP contribution in [0.25, 0.3) is 10.2 Å². The monoisotopic (exact) mass is 398 g/mol. The van der Waals surface area contributed by atoms with Crippen molar-refractivity contribution in [2.45, 2.75) is 25.5 Å². The number of nitrogens with one attached hydrogen (secondary N) is 2. The Hall–Kier alpha value is -2.78. The van der Waals surface area contributed by atoms with Gasteiger partial charge >= 0.3 is 0 Å². The third kappa shape index (κ3) is 3.63. The summed E-state index contributed by atoms with van der Waals surface area (Å²) >= 11 is 1.45. The first-order valence-electron chi connectivity index (χ1n) is 9.18. The number of hydrogen-bond donors (Lipinski definition) is 3. The molecule has 3 N–H and O–H groups in total. The Morgan fingerprint density at radius 2 is 2.29 bits per heavy atom. The number of nitrogens with zero attached hydrogens (tertiary/aromatic N) is 4. The lowest BCUT2D eigenvalue weighted by Crippen LogP contribution is -2.30. The second-order valence-electron chi connectivity index (χ2n) is 6.82. The molecule has 1 saturated heterocycles. The molecule has 8 nitrogen and oxygen atoms in total. The van der Waals surface area contributed by atoms with Crippen LogP contribution in [-0.2, 0) is 0 Å². The van der Waals surface area contributed by atoms with Crippen molar-refractivity contribution in [3.8, 4) is 0 Å². The molecular weight excluding hydrogens is 376 g/mol. The van der Waals surface area contributed by atoms with Gasteiger partial charge in [-0.15, -0.1) is 11.3 Å². The summed E-state index contributed by atoms with van der Waals surface area (Å²) in [6.07, 6.45) is 3.64. The van der Waals surface area contributed by atoms with Gasteiger partial charge in [-0.1, -0.05) is 6.07 Å². The van der Waals surface area contributed by atoms with Crippen LogP contribution in [-0.4, -0.2) is 57.1 Å². The Balaban J connectivity index is 1.70. The molecule has 1 aliphatic heterocycles. The summed E-state index contributed by atoms with van der Waals surface area (Å²) in [6, 6.07) is 5.70. The van der Waals surface area contributed by atoms with Crippen molar-refractivity contribution in [3.63, 3.8) is 0 Å². The SMILES string of the molecule is CNc1cc2nc(NC(C)c3cccnc3)nc(C(=O)N3CCC(O)C3)c2s1. The summed E-state index contributed by atoms with van der Waals surface area (Å²) in [4.78, 5) is 28.0. The number of pyridine rings is 1. The summed E-state index contributed by atoms with van der Waals surface area (Å²) in [5.74, 6) is 0.220. The quantitative estimate of drug-likeness (QED) is 0.607. The predicted molar refractivity (Wildman–Crippen MR) is 110 cm³/mol. The number of anilines is 2. The van der Waals surface area contributed by atoms with Crippen LogP contribution < -0.4 is 10.6 Å². The maximum atomic E-state index is 13.1. The number of rotatable bonds is 5. The molecule has 0 saturated carbocycles. The molecule has 2 atom stereocenters. The number of aliphatic hydroxyl groups is 1. The Bertz CT molecular complexity index is 993. The molecule has 1 fully saturated rings. The highest BCUT2D eigenvalue weighted by atomic mass is 32.1. The lowest BCUT2D eigenvalue weighted by Gasteiger charge is -2.17. The first-order valence-corrected chi connectivity index (χ1v) is 10.00.